The number of aryl methyl sites for hydroxylation is 2. The number of amides is 1. The number of benzene rings is 2. The molecule has 0 fully saturated rings. The van der Waals surface area contributed by atoms with E-state index in [1.54, 1.807) is 16.8 Å². The second-order valence-electron chi connectivity index (χ2n) is 6.52. The van der Waals surface area contributed by atoms with Gasteiger partial charge in [-0.05, 0) is 55.3 Å². The molecule has 0 saturated carbocycles. The van der Waals surface area contributed by atoms with Crippen molar-refractivity contribution < 1.29 is 9.18 Å². The summed E-state index contributed by atoms with van der Waals surface area (Å²) in [5.41, 5.74) is 5.84. The van der Waals surface area contributed by atoms with Gasteiger partial charge in [0.1, 0.15) is 16.9 Å². The number of hydrogen-bond acceptors (Lipinski definition) is 5. The van der Waals surface area contributed by atoms with Gasteiger partial charge in [-0.2, -0.15) is 0 Å². The number of hydrogen-bond donors (Lipinski definition) is 2. The monoisotopic (exact) mass is 461 g/mol. The molecule has 28 heavy (non-hydrogen) atoms. The third-order valence-electron chi connectivity index (χ3n) is 4.51. The maximum Gasteiger partial charge on any atom is 0.240 e. The van der Waals surface area contributed by atoms with E-state index in [-0.39, 0.29) is 17.8 Å². The Morgan fingerprint density at radius 2 is 1.96 bits per heavy atom. The lowest BCUT2D eigenvalue weighted by molar-refractivity contribution is -0.116. The molecular formula is C19H17BrFN5OS. The average Bonchev–Trinajstić information content (AvgIpc) is 3.04. The van der Waals surface area contributed by atoms with Gasteiger partial charge < -0.3 is 10.7 Å². The number of nitrogens with zero attached hydrogens (tertiary/aromatic N) is 3. The van der Waals surface area contributed by atoms with Gasteiger partial charge in [0.15, 0.2) is 0 Å². The number of nitrogens with one attached hydrogen (secondary N) is 2. The Kier molecular flexibility index (Phi) is 5.11. The van der Waals surface area contributed by atoms with Crippen LogP contribution in [0.5, 0.6) is 0 Å². The topological polar surface area (TPSA) is 71.8 Å². The van der Waals surface area contributed by atoms with E-state index in [1.807, 2.05) is 32.0 Å². The van der Waals surface area contributed by atoms with Crippen LogP contribution in [0.4, 0.5) is 10.1 Å². The minimum absolute atomic E-state index is 0.166. The van der Waals surface area contributed by atoms with Gasteiger partial charge in [-0.25, -0.2) is 9.07 Å². The second kappa shape index (κ2) is 7.56. The molecule has 1 aromatic heterocycles. The van der Waals surface area contributed by atoms with Gasteiger partial charge in [0, 0.05) is 10.2 Å². The fourth-order valence-corrected chi connectivity index (χ4v) is 4.39. The van der Waals surface area contributed by atoms with E-state index in [0.717, 1.165) is 15.6 Å². The maximum absolute atomic E-state index is 13.4. The van der Waals surface area contributed by atoms with Crippen LogP contribution >= 0.6 is 27.7 Å². The molecule has 0 saturated heterocycles. The predicted octanol–water partition coefficient (Wildman–Crippen LogP) is 4.19. The Hall–Kier alpha value is -2.39. The van der Waals surface area contributed by atoms with Gasteiger partial charge >= 0.3 is 0 Å². The fourth-order valence-electron chi connectivity index (χ4n) is 3.02. The molecule has 2 unspecified atom stereocenters. The SMILES string of the molecule is Cc1cc(NC(=O)C2Sc3nnc(C)n3NC2c2ccc(F)cc2)ccc1Br. The number of fused-ring (bicyclic) bond motifs is 1. The first-order valence-corrected chi connectivity index (χ1v) is 10.3. The van der Waals surface area contributed by atoms with E-state index in [9.17, 15) is 9.18 Å². The van der Waals surface area contributed by atoms with Crippen LogP contribution < -0.4 is 10.7 Å². The van der Waals surface area contributed by atoms with Crippen molar-refractivity contribution in [3.8, 4) is 0 Å². The fraction of sp³-hybridized carbons (Fsp3) is 0.211. The van der Waals surface area contributed by atoms with E-state index >= 15 is 0 Å². The molecule has 2 atom stereocenters. The van der Waals surface area contributed by atoms with E-state index in [2.05, 4.69) is 36.9 Å². The zero-order valence-corrected chi connectivity index (χ0v) is 17.5. The first-order valence-electron chi connectivity index (χ1n) is 8.60. The minimum atomic E-state index is -0.509. The largest absolute Gasteiger partial charge is 0.325 e. The number of aromatic nitrogens is 3. The molecule has 0 radical (unpaired) electrons. The third kappa shape index (κ3) is 3.64. The number of carbonyl (C=O) groups is 1. The van der Waals surface area contributed by atoms with E-state index in [1.165, 1.54) is 23.9 Å². The van der Waals surface area contributed by atoms with Gasteiger partial charge in [0.05, 0.1) is 6.04 Å². The van der Waals surface area contributed by atoms with Gasteiger partial charge in [-0.1, -0.05) is 39.8 Å². The van der Waals surface area contributed by atoms with Gasteiger partial charge in [0.2, 0.25) is 11.1 Å². The molecule has 2 heterocycles. The molecule has 0 spiro atoms. The lowest BCUT2D eigenvalue weighted by atomic mass is 10.0. The summed E-state index contributed by atoms with van der Waals surface area (Å²) in [5.74, 6) is 0.206. The van der Waals surface area contributed by atoms with E-state index in [4.69, 9.17) is 0 Å². The van der Waals surface area contributed by atoms with E-state index in [0.29, 0.717) is 16.7 Å². The summed E-state index contributed by atoms with van der Waals surface area (Å²) in [7, 11) is 0. The van der Waals surface area contributed by atoms with Crippen LogP contribution in [0, 0.1) is 19.7 Å². The summed E-state index contributed by atoms with van der Waals surface area (Å²) in [4.78, 5) is 13.1. The number of thioether (sulfide) groups is 1. The summed E-state index contributed by atoms with van der Waals surface area (Å²) in [5, 5.41) is 11.3. The highest BCUT2D eigenvalue weighted by molar-refractivity contribution is 9.10. The molecular weight excluding hydrogens is 445 g/mol. The molecule has 2 N–H and O–H groups in total. The highest BCUT2D eigenvalue weighted by Gasteiger charge is 2.37. The maximum atomic E-state index is 13.4. The lowest BCUT2D eigenvalue weighted by Crippen LogP contribution is -2.41. The molecule has 1 aliphatic rings. The highest BCUT2D eigenvalue weighted by atomic mass is 79.9. The molecule has 1 aliphatic heterocycles. The zero-order chi connectivity index (χ0) is 19.8. The van der Waals surface area contributed by atoms with Gasteiger partial charge in [-0.3, -0.25) is 4.79 Å². The van der Waals surface area contributed by atoms with Gasteiger partial charge in [0.25, 0.3) is 0 Å². The van der Waals surface area contributed by atoms with Crippen molar-refractivity contribution in [1.29, 1.82) is 0 Å². The first kappa shape index (κ1) is 18.9. The quantitative estimate of drug-likeness (QED) is 0.611. The van der Waals surface area contributed by atoms with Crippen LogP contribution in [-0.2, 0) is 4.79 Å². The van der Waals surface area contributed by atoms with Crippen molar-refractivity contribution in [2.24, 2.45) is 0 Å². The van der Waals surface area contributed by atoms with Crippen molar-refractivity contribution in [3.05, 3.63) is 69.7 Å². The van der Waals surface area contributed by atoms with Crippen LogP contribution in [0.25, 0.3) is 0 Å². The summed E-state index contributed by atoms with van der Waals surface area (Å²) in [6, 6.07) is 11.4. The molecule has 2 aromatic carbocycles. The molecule has 6 nitrogen and oxygen atoms in total. The third-order valence-corrected chi connectivity index (χ3v) is 6.62. The average molecular weight is 462 g/mol. The van der Waals surface area contributed by atoms with Gasteiger partial charge in [-0.15, -0.1) is 10.2 Å². The standard InChI is InChI=1S/C19H17BrFN5OS/c1-10-9-14(7-8-15(10)20)22-18(27)17-16(12-3-5-13(21)6-4-12)25-26-11(2)23-24-19(26)28-17/h3-9,16-17,25H,1-2H3,(H,22,27). The normalized spacial score (nSPS) is 18.3. The molecule has 1 amide bonds. The molecule has 0 bridgehead atoms. The zero-order valence-electron chi connectivity index (χ0n) is 15.1. The Morgan fingerprint density at radius 3 is 2.68 bits per heavy atom. The molecule has 9 heteroatoms. The Bertz CT molecular complexity index is 1040. The summed E-state index contributed by atoms with van der Waals surface area (Å²) >= 11 is 4.79. The molecule has 144 valence electrons. The smallest absolute Gasteiger partial charge is 0.240 e. The first-order chi connectivity index (χ1) is 13.4. The number of carbonyl (C=O) groups excluding carboxylic acids is 1. The van der Waals surface area contributed by atoms with Crippen molar-refractivity contribution in [1.82, 2.24) is 14.9 Å². The molecule has 3 aromatic rings. The Morgan fingerprint density at radius 1 is 1.21 bits per heavy atom. The Balaban J connectivity index is 1.65. The number of anilines is 1. The van der Waals surface area contributed by atoms with Crippen molar-refractivity contribution in [2.75, 3.05) is 10.7 Å². The second-order valence-corrected chi connectivity index (χ2v) is 8.48. The van der Waals surface area contributed by atoms with Crippen molar-refractivity contribution in [3.63, 3.8) is 0 Å². The lowest BCUT2D eigenvalue weighted by Gasteiger charge is -2.32. The van der Waals surface area contributed by atoms with Crippen LogP contribution in [0.1, 0.15) is 23.0 Å². The van der Waals surface area contributed by atoms with Crippen LogP contribution in [0.15, 0.2) is 52.1 Å². The Labute approximate surface area is 174 Å². The number of halogens is 2. The summed E-state index contributed by atoms with van der Waals surface area (Å²) < 4.78 is 16.1. The number of rotatable bonds is 3. The van der Waals surface area contributed by atoms with E-state index < -0.39 is 5.25 Å². The van der Waals surface area contributed by atoms with Crippen LogP contribution in [-0.4, -0.2) is 26.0 Å². The highest BCUT2D eigenvalue weighted by Crippen LogP contribution is 2.37. The molecule has 0 aliphatic carbocycles. The van der Waals surface area contributed by atoms with Crippen LogP contribution in [0.2, 0.25) is 0 Å². The molecule has 4 rings (SSSR count). The van der Waals surface area contributed by atoms with Crippen molar-refractivity contribution >= 4 is 39.3 Å². The summed E-state index contributed by atoms with van der Waals surface area (Å²) in [6.07, 6.45) is 0. The predicted molar refractivity (Wildman–Crippen MR) is 110 cm³/mol. The van der Waals surface area contributed by atoms with Crippen LogP contribution in [0.3, 0.4) is 0 Å². The summed E-state index contributed by atoms with van der Waals surface area (Å²) in [6.45, 7) is 3.79. The van der Waals surface area contributed by atoms with Crippen molar-refractivity contribution in [2.45, 2.75) is 30.3 Å². The minimum Gasteiger partial charge on any atom is -0.325 e.